The van der Waals surface area contributed by atoms with Gasteiger partial charge in [0.25, 0.3) is 0 Å². The first kappa shape index (κ1) is 13.8. The van der Waals surface area contributed by atoms with E-state index in [-0.39, 0.29) is 5.82 Å². The van der Waals surface area contributed by atoms with E-state index < -0.39 is 0 Å². The molecule has 0 heterocycles. The lowest BCUT2D eigenvalue weighted by molar-refractivity contribution is 0.625. The molecule has 18 heavy (non-hydrogen) atoms. The summed E-state index contributed by atoms with van der Waals surface area (Å²) in [5.41, 5.74) is 2.43. The maximum atomic E-state index is 13.1. The van der Waals surface area contributed by atoms with Crippen LogP contribution in [0.25, 0.3) is 0 Å². The predicted molar refractivity (Wildman–Crippen MR) is 80.8 cm³/mol. The molecule has 0 nitrogen and oxygen atoms in total. The molecule has 0 radical (unpaired) electrons. The molecule has 0 bridgehead atoms. The summed E-state index contributed by atoms with van der Waals surface area (Å²) in [6.07, 6.45) is 0.885. The zero-order valence-electron chi connectivity index (χ0n) is 9.74. The molecular weight excluding hydrogens is 359 g/mol. The molecule has 2 rings (SSSR count). The van der Waals surface area contributed by atoms with Gasteiger partial charge in [0, 0.05) is 9.80 Å². The Morgan fingerprint density at radius 1 is 1.06 bits per heavy atom. The SMILES string of the molecule is Fc1ccc(CC(CBr)c2ccccc2)c(Br)c1. The quantitative estimate of drug-likeness (QED) is 0.639. The summed E-state index contributed by atoms with van der Waals surface area (Å²) in [6.45, 7) is 0. The van der Waals surface area contributed by atoms with E-state index in [4.69, 9.17) is 0 Å². The van der Waals surface area contributed by atoms with Crippen LogP contribution >= 0.6 is 31.9 Å². The van der Waals surface area contributed by atoms with E-state index in [1.54, 1.807) is 0 Å². The van der Waals surface area contributed by atoms with Crippen molar-refractivity contribution in [1.29, 1.82) is 0 Å². The summed E-state index contributed by atoms with van der Waals surface area (Å²) in [6, 6.07) is 15.2. The van der Waals surface area contributed by atoms with Crippen LogP contribution in [0.3, 0.4) is 0 Å². The molecule has 0 N–H and O–H groups in total. The fraction of sp³-hybridized carbons (Fsp3) is 0.200. The number of halogens is 3. The highest BCUT2D eigenvalue weighted by molar-refractivity contribution is 9.10. The monoisotopic (exact) mass is 370 g/mol. The standard InChI is InChI=1S/C15H13Br2F/c16-10-13(11-4-2-1-3-5-11)8-12-6-7-14(18)9-15(12)17/h1-7,9,13H,8,10H2. The summed E-state index contributed by atoms with van der Waals surface area (Å²) < 4.78 is 13.9. The molecule has 2 aromatic rings. The molecule has 3 heteroatoms. The molecule has 0 aliphatic heterocycles. The Morgan fingerprint density at radius 3 is 2.39 bits per heavy atom. The Bertz CT molecular complexity index is 511. The zero-order chi connectivity index (χ0) is 13.0. The molecule has 1 atom stereocenters. The van der Waals surface area contributed by atoms with Crippen LogP contribution in [0, 0.1) is 5.82 Å². The minimum atomic E-state index is -0.208. The molecule has 94 valence electrons. The minimum absolute atomic E-state index is 0.208. The Balaban J connectivity index is 2.21. The second-order valence-electron chi connectivity index (χ2n) is 4.20. The molecule has 2 aromatic carbocycles. The molecular formula is C15H13Br2F. The summed E-state index contributed by atoms with van der Waals surface area (Å²) in [5.74, 6) is 0.189. The van der Waals surface area contributed by atoms with E-state index in [1.807, 2.05) is 24.3 Å². The number of alkyl halides is 1. The molecule has 0 aliphatic rings. The van der Waals surface area contributed by atoms with Gasteiger partial charge in [-0.2, -0.15) is 0 Å². The number of hydrogen-bond acceptors (Lipinski definition) is 0. The van der Waals surface area contributed by atoms with Gasteiger partial charge in [-0.05, 0) is 35.6 Å². The first-order chi connectivity index (χ1) is 8.70. The average Bonchev–Trinajstić information content (AvgIpc) is 2.39. The van der Waals surface area contributed by atoms with Crippen molar-refractivity contribution in [2.45, 2.75) is 12.3 Å². The Hall–Kier alpha value is -0.670. The summed E-state index contributed by atoms with van der Waals surface area (Å²) in [5, 5.41) is 0.890. The molecule has 0 fully saturated rings. The zero-order valence-corrected chi connectivity index (χ0v) is 12.9. The molecule has 0 amide bonds. The van der Waals surface area contributed by atoms with E-state index in [0.717, 1.165) is 21.8 Å². The van der Waals surface area contributed by atoms with Crippen LogP contribution in [0.1, 0.15) is 17.0 Å². The van der Waals surface area contributed by atoms with Gasteiger partial charge in [-0.25, -0.2) is 4.39 Å². The summed E-state index contributed by atoms with van der Waals surface area (Å²) >= 11 is 6.98. The highest BCUT2D eigenvalue weighted by Gasteiger charge is 2.12. The van der Waals surface area contributed by atoms with Gasteiger partial charge in [0.05, 0.1) is 0 Å². The molecule has 0 saturated heterocycles. The first-order valence-electron chi connectivity index (χ1n) is 5.75. The Morgan fingerprint density at radius 2 is 1.78 bits per heavy atom. The Labute approximate surface area is 123 Å². The largest absolute Gasteiger partial charge is 0.207 e. The van der Waals surface area contributed by atoms with Gasteiger partial charge in [0.2, 0.25) is 0 Å². The molecule has 0 spiro atoms. The lowest BCUT2D eigenvalue weighted by Crippen LogP contribution is -2.05. The van der Waals surface area contributed by atoms with E-state index in [0.29, 0.717) is 5.92 Å². The van der Waals surface area contributed by atoms with Crippen molar-refractivity contribution in [2.24, 2.45) is 0 Å². The van der Waals surface area contributed by atoms with E-state index in [2.05, 4.69) is 44.0 Å². The molecule has 0 saturated carbocycles. The summed E-state index contributed by atoms with van der Waals surface area (Å²) in [4.78, 5) is 0. The van der Waals surface area contributed by atoms with Crippen molar-refractivity contribution in [3.63, 3.8) is 0 Å². The second kappa shape index (κ2) is 6.48. The predicted octanol–water partition coefficient (Wildman–Crippen LogP) is 5.31. The lowest BCUT2D eigenvalue weighted by Gasteiger charge is -2.15. The number of rotatable bonds is 4. The molecule has 1 unspecified atom stereocenters. The van der Waals surface area contributed by atoms with Crippen LogP contribution in [0.4, 0.5) is 4.39 Å². The van der Waals surface area contributed by atoms with E-state index in [1.165, 1.54) is 17.7 Å². The van der Waals surface area contributed by atoms with Crippen LogP contribution in [0.2, 0.25) is 0 Å². The maximum Gasteiger partial charge on any atom is 0.124 e. The first-order valence-corrected chi connectivity index (χ1v) is 7.67. The van der Waals surface area contributed by atoms with Crippen molar-refractivity contribution >= 4 is 31.9 Å². The van der Waals surface area contributed by atoms with Crippen LogP contribution < -0.4 is 0 Å². The van der Waals surface area contributed by atoms with Crippen molar-refractivity contribution < 1.29 is 4.39 Å². The second-order valence-corrected chi connectivity index (χ2v) is 5.70. The van der Waals surface area contributed by atoms with Crippen molar-refractivity contribution in [2.75, 3.05) is 5.33 Å². The van der Waals surface area contributed by atoms with Crippen LogP contribution in [-0.2, 0) is 6.42 Å². The maximum absolute atomic E-state index is 13.1. The molecule has 0 aromatic heterocycles. The van der Waals surface area contributed by atoms with Gasteiger partial charge < -0.3 is 0 Å². The van der Waals surface area contributed by atoms with E-state index >= 15 is 0 Å². The number of benzene rings is 2. The third-order valence-electron chi connectivity index (χ3n) is 2.94. The third-order valence-corrected chi connectivity index (χ3v) is 4.46. The van der Waals surface area contributed by atoms with Crippen LogP contribution in [0.15, 0.2) is 53.0 Å². The normalized spacial score (nSPS) is 12.4. The van der Waals surface area contributed by atoms with Gasteiger partial charge in [-0.15, -0.1) is 0 Å². The Kier molecular flexibility index (Phi) is 4.95. The van der Waals surface area contributed by atoms with Gasteiger partial charge in [-0.3, -0.25) is 0 Å². The van der Waals surface area contributed by atoms with Crippen molar-refractivity contribution in [3.8, 4) is 0 Å². The van der Waals surface area contributed by atoms with Crippen molar-refractivity contribution in [3.05, 3.63) is 69.9 Å². The number of hydrogen-bond donors (Lipinski definition) is 0. The van der Waals surface area contributed by atoms with E-state index in [9.17, 15) is 4.39 Å². The van der Waals surface area contributed by atoms with Gasteiger partial charge >= 0.3 is 0 Å². The lowest BCUT2D eigenvalue weighted by atomic mass is 9.94. The minimum Gasteiger partial charge on any atom is -0.207 e. The third kappa shape index (κ3) is 3.42. The van der Waals surface area contributed by atoms with Gasteiger partial charge in [0.15, 0.2) is 0 Å². The van der Waals surface area contributed by atoms with Gasteiger partial charge in [-0.1, -0.05) is 68.3 Å². The topological polar surface area (TPSA) is 0 Å². The average molecular weight is 372 g/mol. The fourth-order valence-corrected chi connectivity index (χ4v) is 3.05. The van der Waals surface area contributed by atoms with Crippen LogP contribution in [-0.4, -0.2) is 5.33 Å². The van der Waals surface area contributed by atoms with Crippen LogP contribution in [0.5, 0.6) is 0 Å². The van der Waals surface area contributed by atoms with Gasteiger partial charge in [0.1, 0.15) is 5.82 Å². The smallest absolute Gasteiger partial charge is 0.124 e. The van der Waals surface area contributed by atoms with Crippen molar-refractivity contribution in [1.82, 2.24) is 0 Å². The summed E-state index contributed by atoms with van der Waals surface area (Å²) in [7, 11) is 0. The highest BCUT2D eigenvalue weighted by Crippen LogP contribution is 2.27. The molecule has 0 aliphatic carbocycles. The highest BCUT2D eigenvalue weighted by atomic mass is 79.9. The fourth-order valence-electron chi connectivity index (χ4n) is 1.94.